The minimum absolute atomic E-state index is 0.307. The molecule has 0 unspecified atom stereocenters. The fraction of sp³-hybridized carbons (Fsp3) is 0.278. The van der Waals surface area contributed by atoms with Crippen molar-refractivity contribution >= 4 is 23.5 Å². The third kappa shape index (κ3) is 4.10. The summed E-state index contributed by atoms with van der Waals surface area (Å²) in [5.74, 6) is 0.683. The van der Waals surface area contributed by atoms with Gasteiger partial charge in [-0.2, -0.15) is 13.2 Å². The van der Waals surface area contributed by atoms with Crippen LogP contribution in [0.1, 0.15) is 22.1 Å². The fourth-order valence-electron chi connectivity index (χ4n) is 2.74. The number of hydrogen-bond acceptors (Lipinski definition) is 2. The van der Waals surface area contributed by atoms with Crippen molar-refractivity contribution < 1.29 is 18.0 Å². The average molecular weight is 366 g/mol. The summed E-state index contributed by atoms with van der Waals surface area (Å²) in [5, 5.41) is 2.40. The summed E-state index contributed by atoms with van der Waals surface area (Å²) in [6.45, 7) is 2.41. The van der Waals surface area contributed by atoms with E-state index in [1.165, 1.54) is 17.8 Å². The van der Waals surface area contributed by atoms with Gasteiger partial charge in [-0.3, -0.25) is 0 Å². The summed E-state index contributed by atoms with van der Waals surface area (Å²) in [4.78, 5) is 14.1. The maximum absolute atomic E-state index is 12.9. The van der Waals surface area contributed by atoms with Crippen LogP contribution in [0.15, 0.2) is 48.5 Å². The van der Waals surface area contributed by atoms with E-state index in [-0.39, 0.29) is 6.03 Å². The summed E-state index contributed by atoms with van der Waals surface area (Å²) < 4.78 is 38.8. The van der Waals surface area contributed by atoms with E-state index >= 15 is 0 Å². The lowest BCUT2D eigenvalue weighted by Gasteiger charge is -2.25. The maximum atomic E-state index is 12.9. The molecule has 1 heterocycles. The van der Waals surface area contributed by atoms with Crippen LogP contribution in [0, 0.1) is 6.92 Å². The van der Waals surface area contributed by atoms with Crippen LogP contribution in [0.4, 0.5) is 23.7 Å². The van der Waals surface area contributed by atoms with Gasteiger partial charge in [0.1, 0.15) is 5.37 Å². The number of nitrogens with zero attached hydrogens (tertiary/aromatic N) is 1. The molecule has 0 radical (unpaired) electrons. The fourth-order valence-corrected chi connectivity index (χ4v) is 3.99. The van der Waals surface area contributed by atoms with E-state index in [1.54, 1.807) is 17.0 Å². The number of benzene rings is 2. The van der Waals surface area contributed by atoms with Gasteiger partial charge in [-0.05, 0) is 42.3 Å². The third-order valence-corrected chi connectivity index (χ3v) is 5.18. The van der Waals surface area contributed by atoms with E-state index in [0.29, 0.717) is 23.5 Å². The Hall–Kier alpha value is -2.15. The first-order chi connectivity index (χ1) is 11.8. The second kappa shape index (κ2) is 7.00. The van der Waals surface area contributed by atoms with Crippen LogP contribution in [0.25, 0.3) is 0 Å². The van der Waals surface area contributed by atoms with Gasteiger partial charge in [-0.25, -0.2) is 4.79 Å². The van der Waals surface area contributed by atoms with Gasteiger partial charge in [-0.15, -0.1) is 11.8 Å². The highest BCUT2D eigenvalue weighted by Gasteiger charge is 2.34. The van der Waals surface area contributed by atoms with Gasteiger partial charge in [0, 0.05) is 18.0 Å². The Morgan fingerprint density at radius 3 is 2.68 bits per heavy atom. The molecule has 1 N–H and O–H groups in total. The van der Waals surface area contributed by atoms with Gasteiger partial charge in [0.2, 0.25) is 0 Å². The van der Waals surface area contributed by atoms with Gasteiger partial charge < -0.3 is 10.2 Å². The summed E-state index contributed by atoms with van der Waals surface area (Å²) in [6, 6.07) is 12.3. The van der Waals surface area contributed by atoms with E-state index in [9.17, 15) is 18.0 Å². The number of thioether (sulfide) groups is 1. The van der Waals surface area contributed by atoms with Crippen molar-refractivity contribution in [2.45, 2.75) is 18.5 Å². The van der Waals surface area contributed by atoms with Crippen LogP contribution in [0.5, 0.6) is 0 Å². The Balaban J connectivity index is 1.79. The molecule has 0 spiro atoms. The van der Waals surface area contributed by atoms with E-state index in [4.69, 9.17) is 0 Å². The van der Waals surface area contributed by atoms with Crippen LogP contribution in [-0.4, -0.2) is 23.2 Å². The molecule has 0 bridgehead atoms. The number of carbonyl (C=O) groups is 1. The lowest BCUT2D eigenvalue weighted by Crippen LogP contribution is -2.34. The SMILES string of the molecule is Cc1cccc(NC(=O)N2CCS[C@H]2c2cccc(C(F)(F)F)c2)c1. The number of nitrogens with one attached hydrogen (secondary N) is 1. The van der Waals surface area contributed by atoms with Crippen molar-refractivity contribution in [3.05, 3.63) is 65.2 Å². The summed E-state index contributed by atoms with van der Waals surface area (Å²) >= 11 is 1.46. The molecule has 1 aliphatic heterocycles. The van der Waals surface area contributed by atoms with Crippen molar-refractivity contribution in [1.29, 1.82) is 0 Å². The van der Waals surface area contributed by atoms with Crippen molar-refractivity contribution in [3.8, 4) is 0 Å². The minimum atomic E-state index is -4.39. The topological polar surface area (TPSA) is 32.3 Å². The first-order valence-electron chi connectivity index (χ1n) is 7.77. The molecule has 0 aromatic heterocycles. The van der Waals surface area contributed by atoms with E-state index < -0.39 is 17.1 Å². The Morgan fingerprint density at radius 2 is 1.96 bits per heavy atom. The Morgan fingerprint density at radius 1 is 1.20 bits per heavy atom. The zero-order valence-corrected chi connectivity index (χ0v) is 14.3. The second-order valence-corrected chi connectivity index (χ2v) is 7.03. The normalized spacial score (nSPS) is 17.6. The highest BCUT2D eigenvalue weighted by molar-refractivity contribution is 7.99. The van der Waals surface area contributed by atoms with Crippen molar-refractivity contribution in [2.24, 2.45) is 0 Å². The number of halogens is 3. The van der Waals surface area contributed by atoms with Gasteiger partial charge in [0.25, 0.3) is 0 Å². The Labute approximate surface area is 148 Å². The molecular formula is C18H17F3N2OS. The zero-order chi connectivity index (χ0) is 18.0. The molecule has 1 atom stereocenters. The molecule has 1 fully saturated rings. The molecule has 2 aromatic carbocycles. The standard InChI is InChI=1S/C18H17F3N2OS/c1-12-4-2-7-15(10-12)22-17(24)23-8-9-25-16(23)13-5-3-6-14(11-13)18(19,20)21/h2-7,10-11,16H,8-9H2,1H3,(H,22,24)/t16-/m0/s1. The van der Waals surface area contributed by atoms with E-state index in [2.05, 4.69) is 5.32 Å². The number of amides is 2. The van der Waals surface area contributed by atoms with Gasteiger partial charge in [0.15, 0.2) is 0 Å². The minimum Gasteiger partial charge on any atom is -0.308 e. The molecule has 132 valence electrons. The average Bonchev–Trinajstić information content (AvgIpc) is 3.04. The Kier molecular flexibility index (Phi) is 4.94. The number of rotatable bonds is 2. The zero-order valence-electron chi connectivity index (χ0n) is 13.5. The largest absolute Gasteiger partial charge is 0.416 e. The molecule has 1 aliphatic rings. The number of urea groups is 1. The first-order valence-corrected chi connectivity index (χ1v) is 8.82. The Bertz CT molecular complexity index is 779. The molecule has 1 saturated heterocycles. The lowest BCUT2D eigenvalue weighted by atomic mass is 10.1. The molecule has 0 saturated carbocycles. The molecule has 0 aliphatic carbocycles. The number of aryl methyl sites for hydroxylation is 1. The molecule has 2 amide bonds. The van der Waals surface area contributed by atoms with Crippen molar-refractivity contribution in [1.82, 2.24) is 4.90 Å². The van der Waals surface area contributed by atoms with Gasteiger partial charge in [0.05, 0.1) is 5.56 Å². The third-order valence-electron chi connectivity index (χ3n) is 3.92. The first kappa shape index (κ1) is 17.7. The van der Waals surface area contributed by atoms with E-state index in [1.807, 2.05) is 25.1 Å². The number of hydrogen-bond donors (Lipinski definition) is 1. The number of anilines is 1. The monoisotopic (exact) mass is 366 g/mol. The van der Waals surface area contributed by atoms with Crippen LogP contribution < -0.4 is 5.32 Å². The lowest BCUT2D eigenvalue weighted by molar-refractivity contribution is -0.137. The van der Waals surface area contributed by atoms with Gasteiger partial charge >= 0.3 is 12.2 Å². The van der Waals surface area contributed by atoms with Crippen molar-refractivity contribution in [3.63, 3.8) is 0 Å². The predicted octanol–water partition coefficient (Wildman–Crippen LogP) is 5.29. The number of carbonyl (C=O) groups excluding carboxylic acids is 1. The highest BCUT2D eigenvalue weighted by Crippen LogP contribution is 2.40. The molecule has 25 heavy (non-hydrogen) atoms. The molecule has 7 heteroatoms. The van der Waals surface area contributed by atoms with Crippen LogP contribution >= 0.6 is 11.8 Å². The number of alkyl halides is 3. The predicted molar refractivity (Wildman–Crippen MR) is 93.5 cm³/mol. The smallest absolute Gasteiger partial charge is 0.308 e. The molecule has 2 aromatic rings. The van der Waals surface area contributed by atoms with Gasteiger partial charge in [-0.1, -0.05) is 24.3 Å². The molecule has 3 rings (SSSR count). The maximum Gasteiger partial charge on any atom is 0.416 e. The van der Waals surface area contributed by atoms with Crippen LogP contribution in [0.3, 0.4) is 0 Å². The molecule has 3 nitrogen and oxygen atoms in total. The summed E-state index contributed by atoms with van der Waals surface area (Å²) in [5.41, 5.74) is 1.47. The van der Waals surface area contributed by atoms with E-state index in [0.717, 1.165) is 17.7 Å². The van der Waals surface area contributed by atoms with Crippen LogP contribution in [-0.2, 0) is 6.18 Å². The quantitative estimate of drug-likeness (QED) is 0.783. The van der Waals surface area contributed by atoms with Crippen molar-refractivity contribution in [2.75, 3.05) is 17.6 Å². The summed E-state index contributed by atoms with van der Waals surface area (Å²) in [7, 11) is 0. The highest BCUT2D eigenvalue weighted by atomic mass is 32.2. The summed E-state index contributed by atoms with van der Waals surface area (Å²) in [6.07, 6.45) is -4.39. The second-order valence-electron chi connectivity index (χ2n) is 5.84. The van der Waals surface area contributed by atoms with Crippen LogP contribution in [0.2, 0.25) is 0 Å². The molecular weight excluding hydrogens is 349 g/mol.